The van der Waals surface area contributed by atoms with Crippen LogP contribution in [0.15, 0.2) is 66.7 Å². The number of para-hydroxylation sites is 1. The Labute approximate surface area is 189 Å². The number of anilines is 1. The van der Waals surface area contributed by atoms with Gasteiger partial charge >= 0.3 is 0 Å². The Morgan fingerprint density at radius 3 is 2.52 bits per heavy atom. The summed E-state index contributed by atoms with van der Waals surface area (Å²) < 4.78 is 5.26. The Balaban J connectivity index is 1.74. The lowest BCUT2D eigenvalue weighted by Crippen LogP contribution is -2.41. The first-order valence-electron chi connectivity index (χ1n) is 9.59. The molecule has 0 radical (unpaired) electrons. The van der Waals surface area contributed by atoms with E-state index in [1.807, 2.05) is 12.1 Å². The Bertz CT molecular complexity index is 1180. The van der Waals surface area contributed by atoms with Crippen molar-refractivity contribution in [3.63, 3.8) is 0 Å². The number of nitrogens with zero attached hydrogens (tertiary/aromatic N) is 1. The second-order valence-corrected chi connectivity index (χ2v) is 8.15. The van der Waals surface area contributed by atoms with Crippen molar-refractivity contribution in [2.45, 2.75) is 18.6 Å². The summed E-state index contributed by atoms with van der Waals surface area (Å²) in [5, 5.41) is 12.4. The Hall–Kier alpha value is -2.86. The monoisotopic (exact) mass is 455 g/mol. The molecule has 7 heteroatoms. The highest BCUT2D eigenvalue weighted by atomic mass is 35.5. The predicted molar refractivity (Wildman–Crippen MR) is 120 cm³/mol. The number of aliphatic hydroxyl groups is 1. The molecule has 4 rings (SSSR count). The third-order valence-corrected chi connectivity index (χ3v) is 6.01. The van der Waals surface area contributed by atoms with E-state index in [0.717, 1.165) is 5.56 Å². The highest BCUT2D eigenvalue weighted by Crippen LogP contribution is 2.45. The normalized spacial score (nSPS) is 17.5. The molecule has 0 bridgehead atoms. The molecule has 0 saturated heterocycles. The van der Waals surface area contributed by atoms with E-state index in [9.17, 15) is 14.7 Å². The number of hydrogen-bond donors (Lipinski definition) is 1. The van der Waals surface area contributed by atoms with Crippen LogP contribution in [0.3, 0.4) is 0 Å². The second kappa shape index (κ2) is 8.35. The molecule has 0 fully saturated rings. The van der Waals surface area contributed by atoms with Gasteiger partial charge in [-0.15, -0.1) is 0 Å². The molecule has 1 heterocycles. The molecule has 1 amide bonds. The average molecular weight is 456 g/mol. The quantitative estimate of drug-likeness (QED) is 0.530. The number of fused-ring (bicyclic) bond motifs is 1. The minimum Gasteiger partial charge on any atom is -0.496 e. The molecule has 0 spiro atoms. The summed E-state index contributed by atoms with van der Waals surface area (Å²) >= 11 is 12.4. The van der Waals surface area contributed by atoms with Gasteiger partial charge in [0, 0.05) is 15.6 Å². The minimum absolute atomic E-state index is 0.151. The number of methoxy groups -OCH3 is 1. The van der Waals surface area contributed by atoms with Crippen LogP contribution in [0.2, 0.25) is 10.0 Å². The van der Waals surface area contributed by atoms with Crippen LogP contribution in [0, 0.1) is 0 Å². The number of carbonyl (C=O) groups excluding carboxylic acids is 2. The number of rotatable bonds is 6. The van der Waals surface area contributed by atoms with Crippen LogP contribution in [-0.4, -0.2) is 23.9 Å². The summed E-state index contributed by atoms with van der Waals surface area (Å²) in [4.78, 5) is 28.0. The van der Waals surface area contributed by atoms with Gasteiger partial charge in [0.2, 0.25) is 0 Å². The number of Topliss-reactive ketones (excluding diaryl/α,β-unsaturated/α-hetero) is 1. The molecule has 1 aliphatic rings. The van der Waals surface area contributed by atoms with E-state index in [1.165, 1.54) is 18.1 Å². The summed E-state index contributed by atoms with van der Waals surface area (Å²) in [6, 6.07) is 18.7. The number of hydrogen-bond acceptors (Lipinski definition) is 4. The van der Waals surface area contributed by atoms with Crippen molar-refractivity contribution in [2.75, 3.05) is 12.0 Å². The van der Waals surface area contributed by atoms with Gasteiger partial charge in [-0.1, -0.05) is 53.5 Å². The first-order valence-corrected chi connectivity index (χ1v) is 10.3. The Morgan fingerprint density at radius 2 is 1.77 bits per heavy atom. The zero-order chi connectivity index (χ0) is 22.2. The molecule has 0 unspecified atom stereocenters. The van der Waals surface area contributed by atoms with Gasteiger partial charge in [-0.25, -0.2) is 0 Å². The largest absolute Gasteiger partial charge is 0.496 e. The molecule has 1 aliphatic heterocycles. The summed E-state index contributed by atoms with van der Waals surface area (Å²) in [7, 11) is 1.46. The molecule has 3 aromatic rings. The van der Waals surface area contributed by atoms with Gasteiger partial charge in [0.15, 0.2) is 11.4 Å². The Kier molecular flexibility index (Phi) is 5.75. The maximum absolute atomic E-state index is 13.4. The average Bonchev–Trinajstić information content (AvgIpc) is 2.96. The molecule has 1 N–H and O–H groups in total. The number of halogens is 2. The van der Waals surface area contributed by atoms with Gasteiger partial charge in [0.05, 0.1) is 31.3 Å². The van der Waals surface area contributed by atoms with Crippen molar-refractivity contribution in [2.24, 2.45) is 0 Å². The minimum atomic E-state index is -2.06. The van der Waals surface area contributed by atoms with E-state index >= 15 is 0 Å². The molecule has 5 nitrogen and oxygen atoms in total. The zero-order valence-electron chi connectivity index (χ0n) is 16.6. The molecule has 1 atom stereocenters. The lowest BCUT2D eigenvalue weighted by atomic mass is 9.88. The smallest absolute Gasteiger partial charge is 0.264 e. The number of amides is 1. The molecule has 158 valence electrons. The van der Waals surface area contributed by atoms with Crippen LogP contribution < -0.4 is 9.64 Å². The lowest BCUT2D eigenvalue weighted by Gasteiger charge is -2.23. The summed E-state index contributed by atoms with van der Waals surface area (Å²) in [6.07, 6.45) is -0.446. The van der Waals surface area contributed by atoms with Crippen molar-refractivity contribution in [1.29, 1.82) is 0 Å². The first-order chi connectivity index (χ1) is 14.8. The zero-order valence-corrected chi connectivity index (χ0v) is 18.2. The van der Waals surface area contributed by atoms with Gasteiger partial charge in [-0.3, -0.25) is 9.59 Å². The number of ether oxygens (including phenoxy) is 1. The third kappa shape index (κ3) is 3.81. The first kappa shape index (κ1) is 21.4. The van der Waals surface area contributed by atoms with Crippen LogP contribution in [-0.2, 0) is 16.9 Å². The highest BCUT2D eigenvalue weighted by Gasteiger charge is 2.51. The summed E-state index contributed by atoms with van der Waals surface area (Å²) in [5.41, 5.74) is -0.262. The second-order valence-electron chi connectivity index (χ2n) is 7.30. The van der Waals surface area contributed by atoms with E-state index < -0.39 is 23.7 Å². The highest BCUT2D eigenvalue weighted by molar-refractivity contribution is 6.31. The maximum Gasteiger partial charge on any atom is 0.264 e. The van der Waals surface area contributed by atoms with Gasteiger partial charge in [0.25, 0.3) is 5.91 Å². The van der Waals surface area contributed by atoms with Gasteiger partial charge in [-0.2, -0.15) is 0 Å². The summed E-state index contributed by atoms with van der Waals surface area (Å²) in [5.74, 6) is -0.646. The number of ketones is 1. The van der Waals surface area contributed by atoms with Gasteiger partial charge in [-0.05, 0) is 42.0 Å². The van der Waals surface area contributed by atoms with E-state index in [1.54, 1.807) is 48.5 Å². The van der Waals surface area contributed by atoms with Crippen LogP contribution >= 0.6 is 23.2 Å². The molecule has 0 aromatic heterocycles. The molecule has 0 saturated carbocycles. The standard InChI is InChI=1S/C24H19Cl2NO4/c1-31-22-9-5-3-7-17(22)21(28)13-24(30)18-12-16(25)10-11-20(18)27(23(24)29)14-15-6-2-4-8-19(15)26/h2-12,30H,13-14H2,1H3/t24-/m0/s1. The number of benzene rings is 3. The molecule has 31 heavy (non-hydrogen) atoms. The van der Waals surface area contributed by atoms with E-state index in [0.29, 0.717) is 32.6 Å². The molecule has 0 aliphatic carbocycles. The predicted octanol–water partition coefficient (Wildman–Crippen LogP) is 5.01. The van der Waals surface area contributed by atoms with Crippen LogP contribution in [0.1, 0.15) is 27.9 Å². The van der Waals surface area contributed by atoms with Crippen molar-refractivity contribution in [1.82, 2.24) is 0 Å². The fourth-order valence-corrected chi connectivity index (χ4v) is 4.22. The molecular formula is C24H19Cl2NO4. The Morgan fingerprint density at radius 1 is 1.06 bits per heavy atom. The van der Waals surface area contributed by atoms with Crippen LogP contribution in [0.5, 0.6) is 5.75 Å². The fourth-order valence-electron chi connectivity index (χ4n) is 3.85. The van der Waals surface area contributed by atoms with Crippen molar-refractivity contribution < 1.29 is 19.4 Å². The molecule has 3 aromatic carbocycles. The van der Waals surface area contributed by atoms with Crippen molar-refractivity contribution >= 4 is 40.6 Å². The van der Waals surface area contributed by atoms with Crippen LogP contribution in [0.25, 0.3) is 0 Å². The van der Waals surface area contributed by atoms with Crippen molar-refractivity contribution in [3.05, 3.63) is 93.5 Å². The van der Waals surface area contributed by atoms with E-state index in [2.05, 4.69) is 0 Å². The fraction of sp³-hybridized carbons (Fsp3) is 0.167. The third-order valence-electron chi connectivity index (χ3n) is 5.40. The van der Waals surface area contributed by atoms with E-state index in [-0.39, 0.29) is 6.54 Å². The molecular weight excluding hydrogens is 437 g/mol. The summed E-state index contributed by atoms with van der Waals surface area (Å²) in [6.45, 7) is 0.151. The van der Waals surface area contributed by atoms with Gasteiger partial charge < -0.3 is 14.7 Å². The van der Waals surface area contributed by atoms with Gasteiger partial charge in [0.1, 0.15) is 5.75 Å². The maximum atomic E-state index is 13.4. The van der Waals surface area contributed by atoms with E-state index in [4.69, 9.17) is 27.9 Å². The van der Waals surface area contributed by atoms with Crippen molar-refractivity contribution in [3.8, 4) is 5.75 Å². The lowest BCUT2D eigenvalue weighted by molar-refractivity contribution is -0.136. The SMILES string of the molecule is COc1ccccc1C(=O)C[C@@]1(O)C(=O)N(Cc2ccccc2Cl)c2ccc(Cl)cc21. The van der Waals surface area contributed by atoms with Crippen LogP contribution in [0.4, 0.5) is 5.69 Å². The topological polar surface area (TPSA) is 66.8 Å². The number of carbonyl (C=O) groups is 2.